The van der Waals surface area contributed by atoms with E-state index in [1.54, 1.807) is 30.3 Å². The zero-order valence-electron chi connectivity index (χ0n) is 16.8. The summed E-state index contributed by atoms with van der Waals surface area (Å²) < 4.78 is 34.5. The van der Waals surface area contributed by atoms with Crippen molar-refractivity contribution < 1.29 is 18.6 Å². The van der Waals surface area contributed by atoms with Crippen LogP contribution in [0.5, 0.6) is 5.75 Å². The molecular weight excluding hydrogens is 358 g/mol. The van der Waals surface area contributed by atoms with Crippen molar-refractivity contribution in [3.05, 3.63) is 59.7 Å². The average Bonchev–Trinajstić information content (AvgIpc) is 2.69. The normalized spacial score (nSPS) is 12.6. The first-order valence-electron chi connectivity index (χ1n) is 10.1. The van der Waals surface area contributed by atoms with Gasteiger partial charge in [-0.15, -0.1) is 0 Å². The number of unbranched alkanes of at least 4 members (excludes halogenated alkanes) is 3. The molecule has 2 nitrogen and oxygen atoms in total. The van der Waals surface area contributed by atoms with Crippen LogP contribution < -0.4 is 0 Å². The van der Waals surface area contributed by atoms with Gasteiger partial charge in [-0.3, -0.25) is 0 Å². The largest absolute Gasteiger partial charge is 0.508 e. The zero-order chi connectivity index (χ0) is 20.4. The number of phenols is 1. The Kier molecular flexibility index (Phi) is 9.15. The van der Waals surface area contributed by atoms with E-state index in [4.69, 9.17) is 4.74 Å². The van der Waals surface area contributed by atoms with E-state index < -0.39 is 11.6 Å². The van der Waals surface area contributed by atoms with Gasteiger partial charge in [0.2, 0.25) is 0 Å². The third-order valence-corrected chi connectivity index (χ3v) is 4.72. The molecule has 1 N–H and O–H groups in total. The van der Waals surface area contributed by atoms with Gasteiger partial charge >= 0.3 is 0 Å². The summed E-state index contributed by atoms with van der Waals surface area (Å²) in [6.45, 7) is 5.06. The van der Waals surface area contributed by atoms with E-state index in [9.17, 15) is 13.9 Å². The van der Waals surface area contributed by atoms with Crippen LogP contribution in [0.3, 0.4) is 0 Å². The van der Waals surface area contributed by atoms with Crippen molar-refractivity contribution in [2.45, 2.75) is 58.5 Å². The standard InChI is InChI=1S/C24H30F2O2/c1-3-4-8-17-28-18(2)9-6-5-7-10-20-13-16-22(24(26)23(20)25)19-11-14-21(27)15-12-19/h7,10-16,18,27H,3-6,8-9,17H2,1-2H3/b10-7+. The van der Waals surface area contributed by atoms with Gasteiger partial charge in [-0.25, -0.2) is 8.78 Å². The lowest BCUT2D eigenvalue weighted by molar-refractivity contribution is 0.0566. The molecule has 28 heavy (non-hydrogen) atoms. The molecule has 0 heterocycles. The number of hydrogen-bond donors (Lipinski definition) is 1. The molecule has 2 rings (SSSR count). The fourth-order valence-corrected chi connectivity index (χ4v) is 3.01. The molecule has 4 heteroatoms. The summed E-state index contributed by atoms with van der Waals surface area (Å²) in [4.78, 5) is 0. The molecule has 0 amide bonds. The number of benzene rings is 2. The predicted molar refractivity (Wildman–Crippen MR) is 111 cm³/mol. The maximum atomic E-state index is 14.4. The van der Waals surface area contributed by atoms with Crippen molar-refractivity contribution in [3.8, 4) is 16.9 Å². The molecule has 1 atom stereocenters. The fourth-order valence-electron chi connectivity index (χ4n) is 3.01. The van der Waals surface area contributed by atoms with Gasteiger partial charge in [0.05, 0.1) is 6.10 Å². The van der Waals surface area contributed by atoms with Crippen molar-refractivity contribution in [3.63, 3.8) is 0 Å². The minimum atomic E-state index is -0.873. The summed E-state index contributed by atoms with van der Waals surface area (Å²) in [7, 11) is 0. The maximum Gasteiger partial charge on any atom is 0.167 e. The summed E-state index contributed by atoms with van der Waals surface area (Å²) in [5.74, 6) is -1.64. The molecule has 1 unspecified atom stereocenters. The first kappa shape index (κ1) is 22.1. The molecular formula is C24H30F2O2. The van der Waals surface area contributed by atoms with Crippen molar-refractivity contribution in [2.24, 2.45) is 0 Å². The first-order chi connectivity index (χ1) is 13.5. The zero-order valence-corrected chi connectivity index (χ0v) is 16.8. The topological polar surface area (TPSA) is 29.5 Å². The van der Waals surface area contributed by atoms with Crippen molar-refractivity contribution in [2.75, 3.05) is 6.61 Å². The fraction of sp³-hybridized carbons (Fsp3) is 0.417. The van der Waals surface area contributed by atoms with Gasteiger partial charge in [-0.2, -0.15) is 0 Å². The monoisotopic (exact) mass is 388 g/mol. The number of rotatable bonds is 11. The Bertz CT molecular complexity index is 754. The van der Waals surface area contributed by atoms with E-state index in [1.165, 1.54) is 25.0 Å². The van der Waals surface area contributed by atoms with Crippen LogP contribution in [0.4, 0.5) is 8.78 Å². The minimum Gasteiger partial charge on any atom is -0.508 e. The Morgan fingerprint density at radius 2 is 1.75 bits per heavy atom. The van der Waals surface area contributed by atoms with Crippen LogP contribution >= 0.6 is 0 Å². The quantitative estimate of drug-likeness (QED) is 0.415. The van der Waals surface area contributed by atoms with E-state index in [0.29, 0.717) is 5.56 Å². The van der Waals surface area contributed by atoms with Crippen molar-refractivity contribution >= 4 is 6.08 Å². The second-order valence-electron chi connectivity index (χ2n) is 7.10. The van der Waals surface area contributed by atoms with Gasteiger partial charge in [0.1, 0.15) is 5.75 Å². The maximum absolute atomic E-state index is 14.4. The molecule has 2 aromatic carbocycles. The summed E-state index contributed by atoms with van der Waals surface area (Å²) in [6, 6.07) is 9.18. The average molecular weight is 388 g/mol. The Hall–Kier alpha value is -2.20. The highest BCUT2D eigenvalue weighted by Gasteiger charge is 2.13. The van der Waals surface area contributed by atoms with Gasteiger partial charge < -0.3 is 9.84 Å². The van der Waals surface area contributed by atoms with Gasteiger partial charge in [0.15, 0.2) is 11.6 Å². The third kappa shape index (κ3) is 6.75. The van der Waals surface area contributed by atoms with E-state index in [0.717, 1.165) is 32.3 Å². The first-order valence-corrected chi connectivity index (χ1v) is 10.1. The molecule has 0 radical (unpaired) electrons. The summed E-state index contributed by atoms with van der Waals surface area (Å²) in [6.07, 6.45) is 9.92. The molecule has 0 spiro atoms. The van der Waals surface area contributed by atoms with Gasteiger partial charge in [0, 0.05) is 17.7 Å². The highest BCUT2D eigenvalue weighted by molar-refractivity contribution is 5.67. The number of ether oxygens (including phenoxy) is 1. The lowest BCUT2D eigenvalue weighted by Gasteiger charge is -2.12. The molecule has 0 aromatic heterocycles. The van der Waals surface area contributed by atoms with Crippen LogP contribution in [0.25, 0.3) is 17.2 Å². The molecule has 0 aliphatic carbocycles. The van der Waals surface area contributed by atoms with E-state index >= 15 is 0 Å². The molecule has 0 bridgehead atoms. The third-order valence-electron chi connectivity index (χ3n) is 4.72. The Morgan fingerprint density at radius 3 is 2.46 bits per heavy atom. The number of halogens is 2. The van der Waals surface area contributed by atoms with E-state index in [2.05, 4.69) is 13.8 Å². The highest BCUT2D eigenvalue weighted by Crippen LogP contribution is 2.28. The number of allylic oxidation sites excluding steroid dienone is 1. The second kappa shape index (κ2) is 11.6. The van der Waals surface area contributed by atoms with Crippen LogP contribution in [-0.2, 0) is 4.74 Å². The van der Waals surface area contributed by atoms with Crippen molar-refractivity contribution in [1.82, 2.24) is 0 Å². The summed E-state index contributed by atoms with van der Waals surface area (Å²) in [5, 5.41) is 9.33. The molecule has 0 saturated heterocycles. The lowest BCUT2D eigenvalue weighted by Crippen LogP contribution is -2.08. The Labute approximate surface area is 166 Å². The molecule has 0 fully saturated rings. The summed E-state index contributed by atoms with van der Waals surface area (Å²) >= 11 is 0. The highest BCUT2D eigenvalue weighted by atomic mass is 19.2. The van der Waals surface area contributed by atoms with Crippen molar-refractivity contribution in [1.29, 1.82) is 0 Å². The summed E-state index contributed by atoms with van der Waals surface area (Å²) in [5.41, 5.74) is 0.949. The van der Waals surface area contributed by atoms with Crippen LogP contribution in [-0.4, -0.2) is 17.8 Å². The predicted octanol–water partition coefficient (Wildman–Crippen LogP) is 7.12. The lowest BCUT2D eigenvalue weighted by atomic mass is 10.0. The Morgan fingerprint density at radius 1 is 1.00 bits per heavy atom. The molecule has 0 aliphatic rings. The van der Waals surface area contributed by atoms with Crippen LogP contribution in [0.15, 0.2) is 42.5 Å². The molecule has 0 aliphatic heterocycles. The molecule has 0 saturated carbocycles. The second-order valence-corrected chi connectivity index (χ2v) is 7.10. The van der Waals surface area contributed by atoms with Crippen LogP contribution in [0, 0.1) is 11.6 Å². The minimum absolute atomic E-state index is 0.0878. The SMILES string of the molecule is CCCCCOC(C)CCC/C=C/c1ccc(-c2ccc(O)cc2)c(F)c1F. The Balaban J connectivity index is 1.85. The molecule has 2 aromatic rings. The van der Waals surface area contributed by atoms with Gasteiger partial charge in [-0.1, -0.05) is 56.2 Å². The van der Waals surface area contributed by atoms with E-state index in [1.807, 2.05) is 6.08 Å². The van der Waals surface area contributed by atoms with Gasteiger partial charge in [-0.05, 0) is 50.3 Å². The number of phenolic OH excluding ortho intramolecular Hbond substituents is 1. The van der Waals surface area contributed by atoms with E-state index in [-0.39, 0.29) is 23.0 Å². The number of aromatic hydroxyl groups is 1. The molecule has 152 valence electrons. The van der Waals surface area contributed by atoms with Crippen LogP contribution in [0.2, 0.25) is 0 Å². The van der Waals surface area contributed by atoms with Crippen LogP contribution in [0.1, 0.15) is 57.9 Å². The van der Waals surface area contributed by atoms with Gasteiger partial charge in [0.25, 0.3) is 0 Å². The number of hydrogen-bond acceptors (Lipinski definition) is 2. The smallest absolute Gasteiger partial charge is 0.167 e.